The number of aryl methyl sites for hydroxylation is 1. The van der Waals surface area contributed by atoms with Crippen molar-refractivity contribution < 1.29 is 32.9 Å². The van der Waals surface area contributed by atoms with E-state index in [4.69, 9.17) is 4.74 Å². The van der Waals surface area contributed by atoms with Gasteiger partial charge in [-0.05, 0) is 66.8 Å². The Bertz CT molecular complexity index is 836. The van der Waals surface area contributed by atoms with Crippen molar-refractivity contribution in [3.63, 3.8) is 0 Å². The van der Waals surface area contributed by atoms with Crippen molar-refractivity contribution in [3.05, 3.63) is 59.2 Å². The summed E-state index contributed by atoms with van der Waals surface area (Å²) in [6.45, 7) is -0.107. The zero-order valence-electron chi connectivity index (χ0n) is 14.9. The van der Waals surface area contributed by atoms with Gasteiger partial charge in [-0.25, -0.2) is 0 Å². The molecule has 0 aromatic heterocycles. The van der Waals surface area contributed by atoms with Gasteiger partial charge in [-0.2, -0.15) is 13.2 Å². The first kappa shape index (κ1) is 20.0. The molecule has 0 saturated carbocycles. The molecule has 1 unspecified atom stereocenters. The summed E-state index contributed by atoms with van der Waals surface area (Å²) in [5.74, 6) is 0.208. The third kappa shape index (κ3) is 4.75. The van der Waals surface area contributed by atoms with Crippen LogP contribution in [0, 0.1) is 0 Å². The molecule has 1 amide bonds. The summed E-state index contributed by atoms with van der Waals surface area (Å²) in [5, 5.41) is 21.3. The number of hydrogen-bond donors (Lipinski definition) is 1. The van der Waals surface area contributed by atoms with Gasteiger partial charge in [0.25, 0.3) is 0 Å². The Hall–Kier alpha value is -2.74. The molecule has 1 aliphatic rings. The van der Waals surface area contributed by atoms with Crippen LogP contribution in [-0.2, 0) is 19.0 Å². The molecule has 5 nitrogen and oxygen atoms in total. The van der Waals surface area contributed by atoms with Crippen LogP contribution in [-0.4, -0.2) is 30.5 Å². The summed E-state index contributed by atoms with van der Waals surface area (Å²) in [6.07, 6.45) is -4.40. The maximum absolute atomic E-state index is 12.6. The maximum Gasteiger partial charge on any atom is 0.416 e. The number of carbonyl (C=O) groups is 1. The summed E-state index contributed by atoms with van der Waals surface area (Å²) < 4.78 is 43.1. The van der Waals surface area contributed by atoms with E-state index in [1.165, 1.54) is 12.1 Å². The molecule has 1 aliphatic carbocycles. The van der Waals surface area contributed by atoms with Gasteiger partial charge in [-0.3, -0.25) is 0 Å². The van der Waals surface area contributed by atoms with Crippen LogP contribution in [0.1, 0.15) is 23.1 Å². The van der Waals surface area contributed by atoms with E-state index in [2.05, 4.69) is 0 Å². The molecule has 1 atom stereocenters. The molecule has 1 N–H and O–H groups in total. The minimum Gasteiger partial charge on any atom is -0.530 e. The SMILES string of the molecule is O=C([O-])N(CCOc1ccc(C(F)(F)F)cc1)c1ccc2c(c1)CC(O)CC2. The Balaban J connectivity index is 1.64. The smallest absolute Gasteiger partial charge is 0.416 e. The van der Waals surface area contributed by atoms with Gasteiger partial charge in [-0.15, -0.1) is 0 Å². The summed E-state index contributed by atoms with van der Waals surface area (Å²) in [7, 11) is 0. The number of ether oxygens (including phenoxy) is 1. The van der Waals surface area contributed by atoms with Gasteiger partial charge in [0.1, 0.15) is 18.4 Å². The number of benzene rings is 2. The number of alkyl halides is 3. The first-order valence-electron chi connectivity index (χ1n) is 8.82. The van der Waals surface area contributed by atoms with Gasteiger partial charge in [0.05, 0.1) is 18.2 Å². The van der Waals surface area contributed by atoms with E-state index in [-0.39, 0.29) is 18.9 Å². The largest absolute Gasteiger partial charge is 0.530 e. The Morgan fingerprint density at radius 3 is 2.54 bits per heavy atom. The first-order valence-corrected chi connectivity index (χ1v) is 8.82. The molecule has 0 aliphatic heterocycles. The van der Waals surface area contributed by atoms with Crippen LogP contribution in [0.5, 0.6) is 5.75 Å². The topological polar surface area (TPSA) is 72.8 Å². The number of nitrogens with zero attached hydrogens (tertiary/aromatic N) is 1. The van der Waals surface area contributed by atoms with Crippen molar-refractivity contribution >= 4 is 11.8 Å². The number of rotatable bonds is 5. The fraction of sp³-hybridized carbons (Fsp3) is 0.350. The Labute approximate surface area is 160 Å². The van der Waals surface area contributed by atoms with Crippen LogP contribution in [0.15, 0.2) is 42.5 Å². The van der Waals surface area contributed by atoms with E-state index in [9.17, 15) is 28.2 Å². The highest BCUT2D eigenvalue weighted by molar-refractivity contribution is 5.84. The molecule has 0 heterocycles. The van der Waals surface area contributed by atoms with Crippen LogP contribution in [0.4, 0.5) is 23.7 Å². The third-order valence-corrected chi connectivity index (χ3v) is 4.69. The lowest BCUT2D eigenvalue weighted by atomic mass is 9.89. The first-order chi connectivity index (χ1) is 13.2. The predicted molar refractivity (Wildman–Crippen MR) is 94.2 cm³/mol. The highest BCUT2D eigenvalue weighted by Gasteiger charge is 2.30. The number of anilines is 1. The lowest BCUT2D eigenvalue weighted by molar-refractivity contribution is -0.246. The van der Waals surface area contributed by atoms with Gasteiger partial charge < -0.3 is 24.6 Å². The number of hydrogen-bond acceptors (Lipinski definition) is 4. The molecular formula is C20H19F3NO4-. The minimum atomic E-state index is -4.43. The maximum atomic E-state index is 12.6. The molecule has 0 spiro atoms. The van der Waals surface area contributed by atoms with Crippen LogP contribution in [0.3, 0.4) is 0 Å². The average molecular weight is 394 g/mol. The normalized spacial score (nSPS) is 16.4. The predicted octanol–water partition coefficient (Wildman–Crippen LogP) is 2.78. The van der Waals surface area contributed by atoms with E-state index in [1.807, 2.05) is 6.07 Å². The van der Waals surface area contributed by atoms with E-state index < -0.39 is 23.9 Å². The molecule has 0 saturated heterocycles. The van der Waals surface area contributed by atoms with E-state index in [1.54, 1.807) is 12.1 Å². The molecular weight excluding hydrogens is 375 g/mol. The summed E-state index contributed by atoms with van der Waals surface area (Å²) in [6, 6.07) is 9.40. The van der Waals surface area contributed by atoms with Gasteiger partial charge in [0.2, 0.25) is 0 Å². The standard InChI is InChI=1S/C20H20F3NO4/c21-20(22,23)15-3-7-18(8-4-15)28-10-9-24(19(26)27)16-5-1-13-2-6-17(25)12-14(13)11-16/h1,3-5,7-8,11,17,25H,2,6,9-10,12H2,(H,26,27)/p-1. The van der Waals surface area contributed by atoms with Crippen LogP contribution in [0.25, 0.3) is 0 Å². The molecule has 2 aromatic carbocycles. The second-order valence-corrected chi connectivity index (χ2v) is 6.64. The average Bonchev–Trinajstić information content (AvgIpc) is 2.64. The zero-order chi connectivity index (χ0) is 20.3. The fourth-order valence-electron chi connectivity index (χ4n) is 3.21. The van der Waals surface area contributed by atoms with E-state index in [0.29, 0.717) is 18.5 Å². The lowest BCUT2D eigenvalue weighted by Crippen LogP contribution is -2.43. The van der Waals surface area contributed by atoms with Gasteiger partial charge in [-0.1, -0.05) is 6.07 Å². The highest BCUT2D eigenvalue weighted by atomic mass is 19.4. The number of halogens is 3. The van der Waals surface area contributed by atoms with Gasteiger partial charge in [0.15, 0.2) is 0 Å². The van der Waals surface area contributed by atoms with Crippen molar-refractivity contribution in [1.82, 2.24) is 0 Å². The second-order valence-electron chi connectivity index (χ2n) is 6.64. The van der Waals surface area contributed by atoms with Crippen molar-refractivity contribution in [2.45, 2.75) is 31.5 Å². The molecule has 0 bridgehead atoms. The molecule has 2 aromatic rings. The van der Waals surface area contributed by atoms with Crippen LogP contribution in [0.2, 0.25) is 0 Å². The number of aliphatic hydroxyl groups excluding tert-OH is 1. The third-order valence-electron chi connectivity index (χ3n) is 4.69. The van der Waals surface area contributed by atoms with Crippen LogP contribution >= 0.6 is 0 Å². The van der Waals surface area contributed by atoms with Crippen molar-refractivity contribution in [2.75, 3.05) is 18.1 Å². The highest BCUT2D eigenvalue weighted by Crippen LogP contribution is 2.30. The van der Waals surface area contributed by atoms with E-state index in [0.717, 1.165) is 34.6 Å². The van der Waals surface area contributed by atoms with Gasteiger partial charge in [0, 0.05) is 5.69 Å². The Morgan fingerprint density at radius 1 is 1.18 bits per heavy atom. The van der Waals surface area contributed by atoms with E-state index >= 15 is 0 Å². The molecule has 0 radical (unpaired) electrons. The summed E-state index contributed by atoms with van der Waals surface area (Å²) in [5.41, 5.74) is 1.59. The lowest BCUT2D eigenvalue weighted by Gasteiger charge is -2.28. The Morgan fingerprint density at radius 2 is 1.89 bits per heavy atom. The molecule has 0 fully saturated rings. The molecule has 8 heteroatoms. The van der Waals surface area contributed by atoms with Crippen molar-refractivity contribution in [2.24, 2.45) is 0 Å². The quantitative estimate of drug-likeness (QED) is 0.847. The summed E-state index contributed by atoms with van der Waals surface area (Å²) >= 11 is 0. The molecule has 150 valence electrons. The summed E-state index contributed by atoms with van der Waals surface area (Å²) in [4.78, 5) is 12.5. The number of amides is 1. The number of carboxylic acid groups (broad SMARTS) is 1. The number of fused-ring (bicyclic) bond motifs is 1. The fourth-order valence-corrected chi connectivity index (χ4v) is 3.21. The zero-order valence-corrected chi connectivity index (χ0v) is 14.9. The van der Waals surface area contributed by atoms with Crippen molar-refractivity contribution in [1.29, 1.82) is 0 Å². The molecule has 3 rings (SSSR count). The minimum absolute atomic E-state index is 0.0509. The van der Waals surface area contributed by atoms with Crippen LogP contribution < -0.4 is 14.7 Å². The number of carbonyl (C=O) groups excluding carboxylic acids is 1. The van der Waals surface area contributed by atoms with Crippen molar-refractivity contribution in [3.8, 4) is 5.75 Å². The molecule has 28 heavy (non-hydrogen) atoms. The van der Waals surface area contributed by atoms with Gasteiger partial charge >= 0.3 is 6.18 Å². The second kappa shape index (κ2) is 8.10. The Kier molecular flexibility index (Phi) is 5.79. The number of aliphatic hydroxyl groups is 1. The monoisotopic (exact) mass is 394 g/mol.